The smallest absolute Gasteiger partial charge is 0.331 e. The highest BCUT2D eigenvalue weighted by Gasteiger charge is 2.20. The number of aromatic amines is 1. The first-order chi connectivity index (χ1) is 13.9. The number of pyridine rings is 2. The average Bonchev–Trinajstić information content (AvgIpc) is 3.04. The highest BCUT2D eigenvalue weighted by Crippen LogP contribution is 2.34. The molecule has 0 aliphatic carbocycles. The SMILES string of the molecule is CC(C)(C)c1cc(C#N)ccc1Oc1ccc(-n2c(=O)[nH]c3cnccc32)cn1. The Balaban J connectivity index is 1.69. The van der Waals surface area contributed by atoms with Crippen molar-refractivity contribution in [3.8, 4) is 23.4 Å². The summed E-state index contributed by atoms with van der Waals surface area (Å²) in [5.41, 5.74) is 3.05. The van der Waals surface area contributed by atoms with Crippen LogP contribution in [-0.4, -0.2) is 19.5 Å². The number of rotatable bonds is 3. The lowest BCUT2D eigenvalue weighted by atomic mass is 9.85. The molecule has 0 aliphatic heterocycles. The zero-order valence-electron chi connectivity index (χ0n) is 16.3. The molecule has 0 fully saturated rings. The van der Waals surface area contributed by atoms with Gasteiger partial charge in [-0.25, -0.2) is 9.78 Å². The third-order valence-corrected chi connectivity index (χ3v) is 4.59. The molecule has 0 aliphatic rings. The van der Waals surface area contributed by atoms with Crippen molar-refractivity contribution in [2.24, 2.45) is 0 Å². The Kier molecular flexibility index (Phi) is 4.40. The van der Waals surface area contributed by atoms with Gasteiger partial charge in [-0.1, -0.05) is 20.8 Å². The molecule has 0 unspecified atom stereocenters. The summed E-state index contributed by atoms with van der Waals surface area (Å²) in [6.07, 6.45) is 4.83. The third kappa shape index (κ3) is 3.48. The lowest BCUT2D eigenvalue weighted by Crippen LogP contribution is -2.15. The largest absolute Gasteiger partial charge is 0.439 e. The van der Waals surface area contributed by atoms with Gasteiger partial charge >= 0.3 is 5.69 Å². The highest BCUT2D eigenvalue weighted by atomic mass is 16.5. The summed E-state index contributed by atoms with van der Waals surface area (Å²) >= 11 is 0. The number of nitriles is 1. The monoisotopic (exact) mass is 385 g/mol. The van der Waals surface area contributed by atoms with Gasteiger partial charge in [0.1, 0.15) is 5.75 Å². The predicted octanol–water partition coefficient (Wildman–Crippen LogP) is 4.07. The molecule has 1 N–H and O–H groups in total. The van der Waals surface area contributed by atoms with Crippen LogP contribution in [0.15, 0.2) is 59.8 Å². The molecule has 29 heavy (non-hydrogen) atoms. The predicted molar refractivity (Wildman–Crippen MR) is 109 cm³/mol. The Bertz CT molecular complexity index is 1290. The second-order valence-electron chi connectivity index (χ2n) is 7.69. The summed E-state index contributed by atoms with van der Waals surface area (Å²) in [5, 5.41) is 9.19. The number of hydrogen-bond acceptors (Lipinski definition) is 5. The van der Waals surface area contributed by atoms with Crippen LogP contribution in [0.3, 0.4) is 0 Å². The third-order valence-electron chi connectivity index (χ3n) is 4.59. The first-order valence-corrected chi connectivity index (χ1v) is 9.10. The fourth-order valence-electron chi connectivity index (χ4n) is 3.17. The molecule has 0 atom stereocenters. The molecular weight excluding hydrogens is 366 g/mol. The van der Waals surface area contributed by atoms with E-state index in [1.165, 1.54) is 4.57 Å². The lowest BCUT2D eigenvalue weighted by Gasteiger charge is -2.22. The maximum absolute atomic E-state index is 12.3. The minimum absolute atomic E-state index is 0.201. The molecular formula is C22H19N5O2. The summed E-state index contributed by atoms with van der Waals surface area (Å²) in [7, 11) is 0. The number of H-pyrrole nitrogens is 1. The van der Waals surface area contributed by atoms with E-state index in [9.17, 15) is 10.1 Å². The van der Waals surface area contributed by atoms with E-state index >= 15 is 0 Å². The van der Waals surface area contributed by atoms with Crippen molar-refractivity contribution in [1.82, 2.24) is 19.5 Å². The number of aromatic nitrogens is 4. The van der Waals surface area contributed by atoms with Crippen LogP contribution in [0.25, 0.3) is 16.7 Å². The van der Waals surface area contributed by atoms with E-state index in [-0.39, 0.29) is 11.1 Å². The first kappa shape index (κ1) is 18.4. The molecule has 0 saturated carbocycles. The summed E-state index contributed by atoms with van der Waals surface area (Å²) in [6, 6.07) is 12.8. The number of fused-ring (bicyclic) bond motifs is 1. The van der Waals surface area contributed by atoms with Crippen molar-refractivity contribution in [2.45, 2.75) is 26.2 Å². The van der Waals surface area contributed by atoms with Crippen molar-refractivity contribution in [1.29, 1.82) is 5.26 Å². The maximum atomic E-state index is 12.3. The van der Waals surface area contributed by atoms with E-state index in [2.05, 4.69) is 41.8 Å². The van der Waals surface area contributed by atoms with Gasteiger partial charge in [-0.15, -0.1) is 0 Å². The minimum Gasteiger partial charge on any atom is -0.439 e. The van der Waals surface area contributed by atoms with E-state index in [0.29, 0.717) is 28.4 Å². The van der Waals surface area contributed by atoms with E-state index < -0.39 is 0 Å². The molecule has 4 rings (SSSR count). The molecule has 0 radical (unpaired) electrons. The first-order valence-electron chi connectivity index (χ1n) is 9.10. The van der Waals surface area contributed by atoms with E-state index in [4.69, 9.17) is 4.74 Å². The van der Waals surface area contributed by atoms with Crippen molar-refractivity contribution in [3.63, 3.8) is 0 Å². The Morgan fingerprint density at radius 3 is 2.66 bits per heavy atom. The molecule has 3 heterocycles. The van der Waals surface area contributed by atoms with Crippen molar-refractivity contribution < 1.29 is 4.74 Å². The fraction of sp³-hybridized carbons (Fsp3) is 0.182. The van der Waals surface area contributed by atoms with Crippen molar-refractivity contribution >= 4 is 11.0 Å². The van der Waals surface area contributed by atoms with Crippen LogP contribution in [0.5, 0.6) is 11.6 Å². The van der Waals surface area contributed by atoms with Crippen LogP contribution in [-0.2, 0) is 5.41 Å². The van der Waals surface area contributed by atoms with Gasteiger partial charge in [0.2, 0.25) is 5.88 Å². The Labute approximate surface area is 167 Å². The van der Waals surface area contributed by atoms with Crippen LogP contribution in [0, 0.1) is 11.3 Å². The van der Waals surface area contributed by atoms with Gasteiger partial charge in [-0.2, -0.15) is 5.26 Å². The second kappa shape index (κ2) is 6.91. The quantitative estimate of drug-likeness (QED) is 0.573. The molecule has 0 bridgehead atoms. The Hall–Kier alpha value is -3.92. The van der Waals surface area contributed by atoms with Crippen LogP contribution in [0.1, 0.15) is 31.9 Å². The lowest BCUT2D eigenvalue weighted by molar-refractivity contribution is 0.439. The Morgan fingerprint density at radius 1 is 1.14 bits per heavy atom. The van der Waals surface area contributed by atoms with E-state index in [1.807, 2.05) is 6.07 Å². The molecule has 0 saturated heterocycles. The number of benzene rings is 1. The van der Waals surface area contributed by atoms with Gasteiger partial charge in [0, 0.05) is 17.8 Å². The van der Waals surface area contributed by atoms with Crippen molar-refractivity contribution in [3.05, 3.63) is 76.6 Å². The standard InChI is InChI=1S/C22H19N5O2/c1-22(2,3)16-10-14(11-23)4-6-19(16)29-20-7-5-15(12-25-20)27-18-8-9-24-13-17(18)26-21(27)28/h4-10,12-13H,1-3H3,(H,26,28). The van der Waals surface area contributed by atoms with Crippen LogP contribution >= 0.6 is 0 Å². The zero-order chi connectivity index (χ0) is 20.6. The zero-order valence-corrected chi connectivity index (χ0v) is 16.3. The van der Waals surface area contributed by atoms with Crippen LogP contribution in [0.4, 0.5) is 0 Å². The van der Waals surface area contributed by atoms with E-state index in [0.717, 1.165) is 11.1 Å². The fourth-order valence-corrected chi connectivity index (χ4v) is 3.17. The molecule has 1 aromatic carbocycles. The van der Waals surface area contributed by atoms with Gasteiger partial charge < -0.3 is 9.72 Å². The van der Waals surface area contributed by atoms with Crippen LogP contribution < -0.4 is 10.4 Å². The number of nitrogens with one attached hydrogen (secondary N) is 1. The summed E-state index contributed by atoms with van der Waals surface area (Å²) in [4.78, 5) is 23.5. The topological polar surface area (TPSA) is 96.6 Å². The van der Waals surface area contributed by atoms with Gasteiger partial charge in [-0.3, -0.25) is 9.55 Å². The number of hydrogen-bond donors (Lipinski definition) is 1. The second-order valence-corrected chi connectivity index (χ2v) is 7.69. The summed E-state index contributed by atoms with van der Waals surface area (Å²) in [6.45, 7) is 6.18. The van der Waals surface area contributed by atoms with Gasteiger partial charge in [0.15, 0.2) is 0 Å². The van der Waals surface area contributed by atoms with Gasteiger partial charge in [0.25, 0.3) is 0 Å². The molecule has 0 amide bonds. The van der Waals surface area contributed by atoms with Gasteiger partial charge in [-0.05, 0) is 35.7 Å². The van der Waals surface area contributed by atoms with Crippen molar-refractivity contribution in [2.75, 3.05) is 0 Å². The number of imidazole rings is 1. The summed E-state index contributed by atoms with van der Waals surface area (Å²) < 4.78 is 7.54. The molecule has 0 spiro atoms. The normalized spacial score (nSPS) is 11.4. The highest BCUT2D eigenvalue weighted by molar-refractivity contribution is 5.75. The number of nitrogens with zero attached hydrogens (tertiary/aromatic N) is 4. The summed E-state index contributed by atoms with van der Waals surface area (Å²) in [5.74, 6) is 1.05. The van der Waals surface area contributed by atoms with Gasteiger partial charge in [0.05, 0.1) is 40.7 Å². The molecule has 7 heteroatoms. The van der Waals surface area contributed by atoms with E-state index in [1.54, 1.807) is 48.9 Å². The molecule has 4 aromatic rings. The molecule has 7 nitrogen and oxygen atoms in total. The molecule has 144 valence electrons. The maximum Gasteiger partial charge on any atom is 0.331 e. The molecule has 3 aromatic heterocycles. The number of ether oxygens (including phenoxy) is 1. The minimum atomic E-state index is -0.259. The van der Waals surface area contributed by atoms with Crippen LogP contribution in [0.2, 0.25) is 0 Å². The average molecular weight is 385 g/mol. The Morgan fingerprint density at radius 2 is 1.97 bits per heavy atom.